The van der Waals surface area contributed by atoms with Crippen LogP contribution in [-0.2, 0) is 27.0 Å². The maximum absolute atomic E-state index is 12.9. The standard InChI is InChI=1S/C22H26ClFN2O3S/c23-20-7-3-18(4-8-20)16-30(28,29)26-14-11-19(12-15-26)22(27)25-13-1-2-17-5-9-21(24)10-6-17/h3-10,19H,1-2,11-16H2,(H,25,27). The van der Waals surface area contributed by atoms with Gasteiger partial charge in [0.25, 0.3) is 0 Å². The summed E-state index contributed by atoms with van der Waals surface area (Å²) in [5, 5.41) is 3.51. The smallest absolute Gasteiger partial charge is 0.223 e. The van der Waals surface area contributed by atoms with Gasteiger partial charge in [-0.2, -0.15) is 0 Å². The quantitative estimate of drug-likeness (QED) is 0.620. The van der Waals surface area contributed by atoms with Gasteiger partial charge in [-0.15, -0.1) is 0 Å². The molecule has 0 atom stereocenters. The van der Waals surface area contributed by atoms with E-state index >= 15 is 0 Å². The molecule has 1 fully saturated rings. The average Bonchev–Trinajstić information content (AvgIpc) is 2.74. The van der Waals surface area contributed by atoms with E-state index < -0.39 is 10.0 Å². The number of amides is 1. The van der Waals surface area contributed by atoms with Gasteiger partial charge in [0, 0.05) is 30.6 Å². The SMILES string of the molecule is O=C(NCCCc1ccc(F)cc1)C1CCN(S(=O)(=O)Cc2ccc(Cl)cc2)CC1. The Kier molecular flexibility index (Phi) is 7.86. The van der Waals surface area contributed by atoms with Gasteiger partial charge >= 0.3 is 0 Å². The van der Waals surface area contributed by atoms with E-state index in [4.69, 9.17) is 11.6 Å². The van der Waals surface area contributed by atoms with Gasteiger partial charge in [-0.05, 0) is 61.1 Å². The molecule has 1 amide bonds. The van der Waals surface area contributed by atoms with E-state index in [0.29, 0.717) is 43.1 Å². The van der Waals surface area contributed by atoms with Gasteiger partial charge in [-0.1, -0.05) is 35.9 Å². The molecule has 0 aliphatic carbocycles. The number of aryl methyl sites for hydroxylation is 1. The minimum Gasteiger partial charge on any atom is -0.356 e. The molecule has 0 aromatic heterocycles. The summed E-state index contributed by atoms with van der Waals surface area (Å²) >= 11 is 5.85. The molecule has 1 aliphatic heterocycles. The fourth-order valence-electron chi connectivity index (χ4n) is 3.58. The zero-order valence-corrected chi connectivity index (χ0v) is 18.3. The molecule has 5 nitrogen and oxygen atoms in total. The summed E-state index contributed by atoms with van der Waals surface area (Å²) in [6, 6.07) is 13.1. The molecule has 30 heavy (non-hydrogen) atoms. The van der Waals surface area contributed by atoms with Crippen molar-refractivity contribution in [1.82, 2.24) is 9.62 Å². The molecule has 0 radical (unpaired) electrons. The van der Waals surface area contributed by atoms with Crippen molar-refractivity contribution >= 4 is 27.5 Å². The van der Waals surface area contributed by atoms with Crippen molar-refractivity contribution in [1.29, 1.82) is 0 Å². The topological polar surface area (TPSA) is 66.5 Å². The number of hydrogen-bond acceptors (Lipinski definition) is 3. The van der Waals surface area contributed by atoms with Crippen LogP contribution in [0.3, 0.4) is 0 Å². The molecular weight excluding hydrogens is 427 g/mol. The third-order valence-corrected chi connectivity index (χ3v) is 7.44. The van der Waals surface area contributed by atoms with Crippen molar-refractivity contribution in [2.24, 2.45) is 5.92 Å². The molecule has 8 heteroatoms. The summed E-state index contributed by atoms with van der Waals surface area (Å²) in [7, 11) is -3.42. The molecule has 1 saturated heterocycles. The number of sulfonamides is 1. The van der Waals surface area contributed by atoms with E-state index in [0.717, 1.165) is 18.4 Å². The molecule has 0 bridgehead atoms. The Labute approximate surface area is 182 Å². The summed E-state index contributed by atoms with van der Waals surface area (Å²) in [6.07, 6.45) is 2.57. The number of hydrogen-bond donors (Lipinski definition) is 1. The van der Waals surface area contributed by atoms with Crippen molar-refractivity contribution in [3.63, 3.8) is 0 Å². The minimum atomic E-state index is -3.42. The number of carbonyl (C=O) groups excluding carboxylic acids is 1. The van der Waals surface area contributed by atoms with E-state index in [9.17, 15) is 17.6 Å². The summed E-state index contributed by atoms with van der Waals surface area (Å²) in [5.41, 5.74) is 1.73. The van der Waals surface area contributed by atoms with Crippen molar-refractivity contribution in [3.05, 3.63) is 70.5 Å². The molecule has 3 rings (SSSR count). The zero-order chi connectivity index (χ0) is 21.6. The van der Waals surface area contributed by atoms with E-state index in [1.54, 1.807) is 36.4 Å². The van der Waals surface area contributed by atoms with Gasteiger partial charge in [0.15, 0.2) is 0 Å². The Balaban J connectivity index is 1.40. The Hall–Kier alpha value is -1.96. The van der Waals surface area contributed by atoms with Crippen molar-refractivity contribution in [2.75, 3.05) is 19.6 Å². The van der Waals surface area contributed by atoms with E-state index in [1.807, 2.05) is 0 Å². The molecule has 162 valence electrons. The van der Waals surface area contributed by atoms with Crippen LogP contribution in [0.5, 0.6) is 0 Å². The lowest BCUT2D eigenvalue weighted by Crippen LogP contribution is -2.43. The average molecular weight is 453 g/mol. The van der Waals surface area contributed by atoms with Crippen LogP contribution in [0.15, 0.2) is 48.5 Å². The van der Waals surface area contributed by atoms with Gasteiger partial charge < -0.3 is 5.32 Å². The number of nitrogens with one attached hydrogen (secondary N) is 1. The minimum absolute atomic E-state index is 0.0242. The first kappa shape index (κ1) is 22.7. The number of halogens is 2. The maximum atomic E-state index is 12.9. The predicted octanol–water partition coefficient (Wildman–Crippen LogP) is 3.77. The lowest BCUT2D eigenvalue weighted by Gasteiger charge is -2.30. The van der Waals surface area contributed by atoms with Crippen LogP contribution < -0.4 is 5.32 Å². The van der Waals surface area contributed by atoms with Gasteiger partial charge in [0.2, 0.25) is 15.9 Å². The first-order valence-corrected chi connectivity index (χ1v) is 12.1. The second kappa shape index (κ2) is 10.4. The second-order valence-corrected chi connectivity index (χ2v) is 9.98. The zero-order valence-electron chi connectivity index (χ0n) is 16.7. The van der Waals surface area contributed by atoms with Gasteiger partial charge in [-0.25, -0.2) is 17.1 Å². The third kappa shape index (κ3) is 6.52. The van der Waals surface area contributed by atoms with Gasteiger partial charge in [0.1, 0.15) is 5.82 Å². The number of nitrogens with zero attached hydrogens (tertiary/aromatic N) is 1. The Morgan fingerprint density at radius 2 is 1.63 bits per heavy atom. The van der Waals surface area contributed by atoms with E-state index in [1.165, 1.54) is 16.4 Å². The van der Waals surface area contributed by atoms with Gasteiger partial charge in [-0.3, -0.25) is 4.79 Å². The lowest BCUT2D eigenvalue weighted by molar-refractivity contribution is -0.126. The summed E-state index contributed by atoms with van der Waals surface area (Å²) in [5.74, 6) is -0.514. The van der Waals surface area contributed by atoms with Crippen LogP contribution in [0.2, 0.25) is 5.02 Å². The first-order valence-electron chi connectivity index (χ1n) is 10.1. The highest BCUT2D eigenvalue weighted by atomic mass is 35.5. The highest BCUT2D eigenvalue weighted by molar-refractivity contribution is 7.88. The van der Waals surface area contributed by atoms with Crippen LogP contribution in [-0.4, -0.2) is 38.3 Å². The van der Waals surface area contributed by atoms with Crippen LogP contribution in [0.4, 0.5) is 4.39 Å². The fraction of sp³-hybridized carbons (Fsp3) is 0.409. The highest BCUT2D eigenvalue weighted by Gasteiger charge is 2.31. The molecule has 0 saturated carbocycles. The fourth-order valence-corrected chi connectivity index (χ4v) is 5.27. The molecule has 0 unspecified atom stereocenters. The Bertz CT molecular complexity index is 941. The molecule has 1 aliphatic rings. The highest BCUT2D eigenvalue weighted by Crippen LogP contribution is 2.22. The maximum Gasteiger partial charge on any atom is 0.223 e. The second-order valence-electron chi connectivity index (χ2n) is 7.58. The van der Waals surface area contributed by atoms with Crippen molar-refractivity contribution < 1.29 is 17.6 Å². The lowest BCUT2D eigenvalue weighted by atomic mass is 9.97. The van der Waals surface area contributed by atoms with Crippen LogP contribution in [0, 0.1) is 11.7 Å². The number of benzene rings is 2. The summed E-state index contributed by atoms with van der Waals surface area (Å²) in [4.78, 5) is 12.4. The molecule has 2 aromatic carbocycles. The number of carbonyl (C=O) groups is 1. The third-order valence-electron chi connectivity index (χ3n) is 5.34. The van der Waals surface area contributed by atoms with Crippen molar-refractivity contribution in [2.45, 2.75) is 31.4 Å². The summed E-state index contributed by atoms with van der Waals surface area (Å²) < 4.78 is 39.7. The van der Waals surface area contributed by atoms with Crippen LogP contribution >= 0.6 is 11.6 Å². The molecule has 1 N–H and O–H groups in total. The number of rotatable bonds is 8. The molecule has 0 spiro atoms. The normalized spacial score (nSPS) is 15.8. The van der Waals surface area contributed by atoms with Crippen molar-refractivity contribution in [3.8, 4) is 0 Å². The van der Waals surface area contributed by atoms with E-state index in [-0.39, 0.29) is 23.4 Å². The molecule has 2 aromatic rings. The largest absolute Gasteiger partial charge is 0.356 e. The van der Waals surface area contributed by atoms with Crippen LogP contribution in [0.1, 0.15) is 30.4 Å². The van der Waals surface area contributed by atoms with Gasteiger partial charge in [0.05, 0.1) is 5.75 Å². The predicted molar refractivity (Wildman–Crippen MR) is 116 cm³/mol. The van der Waals surface area contributed by atoms with E-state index in [2.05, 4.69) is 5.32 Å². The molecular formula is C22H26ClFN2O3S. The van der Waals surface area contributed by atoms with Crippen LogP contribution in [0.25, 0.3) is 0 Å². The monoisotopic (exact) mass is 452 g/mol. The first-order chi connectivity index (χ1) is 14.3. The number of piperidine rings is 1. The summed E-state index contributed by atoms with van der Waals surface area (Å²) in [6.45, 7) is 1.25. The molecule has 1 heterocycles. The Morgan fingerprint density at radius 3 is 2.27 bits per heavy atom. The Morgan fingerprint density at radius 1 is 1.03 bits per heavy atom.